The molecular formula is C18H13BrN4. The van der Waals surface area contributed by atoms with Gasteiger partial charge in [-0.2, -0.15) is 0 Å². The van der Waals surface area contributed by atoms with E-state index in [1.165, 1.54) is 11.1 Å². The fourth-order valence-corrected chi connectivity index (χ4v) is 2.99. The van der Waals surface area contributed by atoms with Gasteiger partial charge < -0.3 is 9.97 Å². The molecule has 0 unspecified atom stereocenters. The number of aromatic nitrogens is 4. The first-order chi connectivity index (χ1) is 11.3. The van der Waals surface area contributed by atoms with Gasteiger partial charge in [-0.25, -0.2) is 9.97 Å². The van der Waals surface area contributed by atoms with Crippen LogP contribution in [0.2, 0.25) is 0 Å². The predicted molar refractivity (Wildman–Crippen MR) is 94.7 cm³/mol. The Morgan fingerprint density at radius 3 is 1.83 bits per heavy atom. The van der Waals surface area contributed by atoms with Crippen molar-refractivity contribution < 1.29 is 0 Å². The lowest BCUT2D eigenvalue weighted by molar-refractivity contribution is 1.30. The number of benzene rings is 2. The van der Waals surface area contributed by atoms with Gasteiger partial charge in [0.15, 0.2) is 0 Å². The van der Waals surface area contributed by atoms with E-state index in [9.17, 15) is 0 Å². The number of halogens is 1. The maximum atomic E-state index is 4.32. The molecule has 0 fully saturated rings. The van der Waals surface area contributed by atoms with E-state index in [4.69, 9.17) is 0 Å². The van der Waals surface area contributed by atoms with Gasteiger partial charge in [0.2, 0.25) is 0 Å². The fraction of sp³-hybridized carbons (Fsp3) is 0. The summed E-state index contributed by atoms with van der Waals surface area (Å²) in [6.45, 7) is 0. The highest BCUT2D eigenvalue weighted by Crippen LogP contribution is 2.28. The Balaban J connectivity index is 1.62. The smallest absolute Gasteiger partial charge is 0.110 e. The molecule has 0 atom stereocenters. The standard InChI is InChI=1S/C18H13BrN4/c19-18-17(22-11-23-18)15-7-3-13(4-8-15)12-1-5-14(6-2-12)16-9-20-10-21-16/h1-11H,(H,20,21)(H,22,23). The van der Waals surface area contributed by atoms with E-state index in [-0.39, 0.29) is 0 Å². The van der Waals surface area contributed by atoms with Crippen LogP contribution in [-0.2, 0) is 0 Å². The lowest BCUT2D eigenvalue weighted by atomic mass is 10.0. The van der Waals surface area contributed by atoms with Crippen molar-refractivity contribution in [3.8, 4) is 33.6 Å². The number of imidazole rings is 2. The molecule has 0 aliphatic heterocycles. The minimum Gasteiger partial charge on any atom is -0.345 e. The Morgan fingerprint density at radius 2 is 1.30 bits per heavy atom. The second-order valence-electron chi connectivity index (χ2n) is 5.19. The fourth-order valence-electron chi connectivity index (χ4n) is 2.56. The van der Waals surface area contributed by atoms with Gasteiger partial charge in [0.25, 0.3) is 0 Å². The Kier molecular flexibility index (Phi) is 3.55. The number of rotatable bonds is 3. The Bertz CT molecular complexity index is 907. The third kappa shape index (κ3) is 2.71. The highest BCUT2D eigenvalue weighted by Gasteiger charge is 2.06. The van der Waals surface area contributed by atoms with Crippen LogP contribution in [0.5, 0.6) is 0 Å². The normalized spacial score (nSPS) is 10.8. The van der Waals surface area contributed by atoms with E-state index in [0.29, 0.717) is 0 Å². The van der Waals surface area contributed by atoms with Crippen LogP contribution in [0, 0.1) is 0 Å². The number of nitrogens with zero attached hydrogens (tertiary/aromatic N) is 2. The van der Waals surface area contributed by atoms with Gasteiger partial charge in [0.05, 0.1) is 24.5 Å². The second-order valence-corrected chi connectivity index (χ2v) is 5.98. The average Bonchev–Trinajstić information content (AvgIpc) is 3.27. The van der Waals surface area contributed by atoms with Crippen LogP contribution < -0.4 is 0 Å². The van der Waals surface area contributed by atoms with Crippen molar-refractivity contribution in [3.63, 3.8) is 0 Å². The molecular weight excluding hydrogens is 352 g/mol. The van der Waals surface area contributed by atoms with E-state index >= 15 is 0 Å². The summed E-state index contributed by atoms with van der Waals surface area (Å²) in [5.41, 5.74) is 6.51. The number of hydrogen-bond donors (Lipinski definition) is 2. The Hall–Kier alpha value is -2.66. The number of nitrogens with one attached hydrogen (secondary N) is 2. The summed E-state index contributed by atoms with van der Waals surface area (Å²) in [6, 6.07) is 16.8. The van der Waals surface area contributed by atoms with Crippen molar-refractivity contribution in [1.82, 2.24) is 19.9 Å². The van der Waals surface area contributed by atoms with Crippen LogP contribution in [0.1, 0.15) is 0 Å². The monoisotopic (exact) mass is 364 g/mol. The van der Waals surface area contributed by atoms with Crippen molar-refractivity contribution in [2.24, 2.45) is 0 Å². The van der Waals surface area contributed by atoms with Crippen molar-refractivity contribution >= 4 is 15.9 Å². The van der Waals surface area contributed by atoms with E-state index in [1.807, 2.05) is 6.20 Å². The van der Waals surface area contributed by atoms with Crippen molar-refractivity contribution in [1.29, 1.82) is 0 Å². The highest BCUT2D eigenvalue weighted by atomic mass is 79.9. The maximum Gasteiger partial charge on any atom is 0.110 e. The molecule has 4 rings (SSSR count). The largest absolute Gasteiger partial charge is 0.345 e. The molecule has 0 spiro atoms. The molecule has 0 amide bonds. The average molecular weight is 365 g/mol. The summed E-state index contributed by atoms with van der Waals surface area (Å²) in [7, 11) is 0. The topological polar surface area (TPSA) is 57.4 Å². The molecule has 0 bridgehead atoms. The third-order valence-corrected chi connectivity index (χ3v) is 4.38. The van der Waals surface area contributed by atoms with Crippen molar-refractivity contribution in [3.05, 3.63) is 72.0 Å². The van der Waals surface area contributed by atoms with Crippen molar-refractivity contribution in [2.45, 2.75) is 0 Å². The first-order valence-electron chi connectivity index (χ1n) is 7.20. The molecule has 0 aliphatic carbocycles. The van der Waals surface area contributed by atoms with Crippen LogP contribution in [-0.4, -0.2) is 19.9 Å². The summed E-state index contributed by atoms with van der Waals surface area (Å²) < 4.78 is 0.897. The van der Waals surface area contributed by atoms with E-state index in [0.717, 1.165) is 27.1 Å². The van der Waals surface area contributed by atoms with E-state index in [1.54, 1.807) is 12.7 Å². The van der Waals surface area contributed by atoms with Gasteiger partial charge in [0.1, 0.15) is 10.3 Å². The molecule has 0 saturated heterocycles. The maximum absolute atomic E-state index is 4.32. The van der Waals surface area contributed by atoms with Gasteiger partial charge >= 0.3 is 0 Å². The first kappa shape index (κ1) is 14.0. The third-order valence-electron chi connectivity index (χ3n) is 3.78. The SMILES string of the molecule is Brc1[nH]cnc1-c1ccc(-c2ccc(-c3cnc[nH]3)cc2)cc1. The molecule has 2 heterocycles. The highest BCUT2D eigenvalue weighted by molar-refractivity contribution is 9.10. The van der Waals surface area contributed by atoms with Gasteiger partial charge in [-0.3, -0.25) is 0 Å². The van der Waals surface area contributed by atoms with Gasteiger partial charge in [-0.15, -0.1) is 0 Å². The summed E-state index contributed by atoms with van der Waals surface area (Å²) in [4.78, 5) is 14.5. The summed E-state index contributed by atoms with van der Waals surface area (Å²) in [5.74, 6) is 0. The summed E-state index contributed by atoms with van der Waals surface area (Å²) >= 11 is 3.47. The number of H-pyrrole nitrogens is 2. The zero-order valence-corrected chi connectivity index (χ0v) is 13.7. The lowest BCUT2D eigenvalue weighted by Crippen LogP contribution is -1.82. The molecule has 5 heteroatoms. The minimum atomic E-state index is 0.897. The molecule has 0 aliphatic rings. The van der Waals surface area contributed by atoms with Crippen LogP contribution in [0.4, 0.5) is 0 Å². The molecule has 2 N–H and O–H groups in total. The van der Waals surface area contributed by atoms with Gasteiger partial charge in [-0.1, -0.05) is 48.5 Å². The number of aromatic amines is 2. The Labute approximate surface area is 141 Å². The Morgan fingerprint density at radius 1 is 0.696 bits per heavy atom. The lowest BCUT2D eigenvalue weighted by Gasteiger charge is -2.05. The number of hydrogen-bond acceptors (Lipinski definition) is 2. The predicted octanol–water partition coefficient (Wildman–Crippen LogP) is 4.90. The minimum absolute atomic E-state index is 0.897. The van der Waals surface area contributed by atoms with Gasteiger partial charge in [-0.05, 0) is 32.6 Å². The zero-order chi connectivity index (χ0) is 15.6. The molecule has 4 aromatic rings. The van der Waals surface area contributed by atoms with Crippen LogP contribution in [0.3, 0.4) is 0 Å². The molecule has 2 aromatic heterocycles. The molecule has 0 radical (unpaired) electrons. The molecule has 4 nitrogen and oxygen atoms in total. The first-order valence-corrected chi connectivity index (χ1v) is 7.99. The summed E-state index contributed by atoms with van der Waals surface area (Å²) in [6.07, 6.45) is 5.20. The molecule has 23 heavy (non-hydrogen) atoms. The molecule has 112 valence electrons. The van der Waals surface area contributed by atoms with E-state index < -0.39 is 0 Å². The zero-order valence-electron chi connectivity index (χ0n) is 12.1. The summed E-state index contributed by atoms with van der Waals surface area (Å²) in [5, 5.41) is 0. The van der Waals surface area contributed by atoms with Crippen LogP contribution in [0.15, 0.2) is 72.0 Å². The molecule has 2 aromatic carbocycles. The second kappa shape index (κ2) is 5.85. The quantitative estimate of drug-likeness (QED) is 0.543. The van der Waals surface area contributed by atoms with Crippen LogP contribution >= 0.6 is 15.9 Å². The van der Waals surface area contributed by atoms with Gasteiger partial charge in [0, 0.05) is 5.56 Å². The van der Waals surface area contributed by atoms with Crippen molar-refractivity contribution in [2.75, 3.05) is 0 Å². The van der Waals surface area contributed by atoms with E-state index in [2.05, 4.69) is 84.4 Å². The van der Waals surface area contributed by atoms with Crippen LogP contribution in [0.25, 0.3) is 33.6 Å². The molecule has 0 saturated carbocycles.